The summed E-state index contributed by atoms with van der Waals surface area (Å²) >= 11 is 0. The Labute approximate surface area is 126 Å². The molecular formula is C15H26N4O2. The highest BCUT2D eigenvalue weighted by Crippen LogP contribution is 2.22. The lowest BCUT2D eigenvalue weighted by Crippen LogP contribution is -2.49. The summed E-state index contributed by atoms with van der Waals surface area (Å²) < 4.78 is 7.49. The van der Waals surface area contributed by atoms with Crippen LogP contribution in [0, 0.1) is 0 Å². The quantitative estimate of drug-likeness (QED) is 0.814. The third kappa shape index (κ3) is 4.04. The normalized spacial score (nSPS) is 20.2. The lowest BCUT2D eigenvalue weighted by molar-refractivity contribution is -0.135. The van der Waals surface area contributed by atoms with Crippen LogP contribution in [0.25, 0.3) is 0 Å². The number of hydrogen-bond donors (Lipinski definition) is 0. The second-order valence-corrected chi connectivity index (χ2v) is 5.90. The van der Waals surface area contributed by atoms with Crippen molar-refractivity contribution in [1.82, 2.24) is 19.4 Å². The third-order valence-electron chi connectivity index (χ3n) is 3.92. The van der Waals surface area contributed by atoms with Gasteiger partial charge in [-0.15, -0.1) is 0 Å². The lowest BCUT2D eigenvalue weighted by Gasteiger charge is -2.39. The first-order valence-electron chi connectivity index (χ1n) is 7.56. The molecule has 1 aromatic rings. The number of hydrogen-bond acceptors (Lipinski definition) is 4. The zero-order valence-corrected chi connectivity index (χ0v) is 13.5. The van der Waals surface area contributed by atoms with Crippen LogP contribution in [0.1, 0.15) is 32.1 Å². The maximum absolute atomic E-state index is 12.3. The molecule has 0 bridgehead atoms. The van der Waals surface area contributed by atoms with Crippen LogP contribution in [0.2, 0.25) is 0 Å². The smallest absolute Gasteiger partial charge is 0.225 e. The topological polar surface area (TPSA) is 50.6 Å². The number of piperazine rings is 1. The average Bonchev–Trinajstić information content (AvgIpc) is 2.85. The number of rotatable bonds is 5. The molecular weight excluding hydrogens is 268 g/mol. The molecule has 2 rings (SSSR count). The van der Waals surface area contributed by atoms with Gasteiger partial charge in [0.25, 0.3) is 0 Å². The number of nitrogens with zero attached hydrogens (tertiary/aromatic N) is 4. The van der Waals surface area contributed by atoms with E-state index in [1.165, 1.54) is 0 Å². The minimum absolute atomic E-state index is 0.161. The molecule has 1 aromatic heterocycles. The van der Waals surface area contributed by atoms with Gasteiger partial charge in [-0.1, -0.05) is 0 Å². The molecule has 1 aliphatic heterocycles. The summed E-state index contributed by atoms with van der Waals surface area (Å²) in [7, 11) is 4.08. The molecule has 118 valence electrons. The van der Waals surface area contributed by atoms with Crippen LogP contribution in [-0.4, -0.2) is 64.7 Å². The number of carbonyl (C=O) groups is 1. The highest BCUT2D eigenvalue weighted by Gasteiger charge is 2.30. The molecule has 0 spiro atoms. The van der Waals surface area contributed by atoms with Gasteiger partial charge in [0.2, 0.25) is 5.91 Å². The van der Waals surface area contributed by atoms with Gasteiger partial charge in [-0.3, -0.25) is 9.69 Å². The molecule has 1 fully saturated rings. The van der Waals surface area contributed by atoms with Crippen molar-refractivity contribution in [2.24, 2.45) is 7.05 Å². The van der Waals surface area contributed by atoms with E-state index in [0.29, 0.717) is 19.6 Å². The summed E-state index contributed by atoms with van der Waals surface area (Å²) in [5, 5.41) is 0. The SMILES string of the molecule is CC(C)OCCC(=O)N1CCN(C)[C@@H](c2nccn2C)C1. The molecule has 1 saturated heterocycles. The van der Waals surface area contributed by atoms with Crippen LogP contribution < -0.4 is 0 Å². The Hall–Kier alpha value is -1.40. The summed E-state index contributed by atoms with van der Waals surface area (Å²) in [4.78, 5) is 20.9. The summed E-state index contributed by atoms with van der Waals surface area (Å²) in [6.45, 7) is 6.80. The standard InChI is InChI=1S/C15H26N4O2/c1-12(2)21-10-5-14(20)19-9-8-17(3)13(11-19)15-16-6-7-18(15)4/h6-7,12-13H,5,8-11H2,1-4H3/t13-/m1/s1. The second kappa shape index (κ2) is 7.04. The number of amides is 1. The Morgan fingerprint density at radius 3 is 2.81 bits per heavy atom. The van der Waals surface area contributed by atoms with E-state index in [9.17, 15) is 4.79 Å². The summed E-state index contributed by atoms with van der Waals surface area (Å²) in [5.41, 5.74) is 0. The van der Waals surface area contributed by atoms with Crippen molar-refractivity contribution in [2.75, 3.05) is 33.3 Å². The van der Waals surface area contributed by atoms with Gasteiger partial charge < -0.3 is 14.2 Å². The van der Waals surface area contributed by atoms with Crippen molar-refractivity contribution in [3.8, 4) is 0 Å². The van der Waals surface area contributed by atoms with Gasteiger partial charge >= 0.3 is 0 Å². The molecule has 1 aliphatic rings. The Bertz CT molecular complexity index is 472. The number of aryl methyl sites for hydroxylation is 1. The Kier molecular flexibility index (Phi) is 5.36. The van der Waals surface area contributed by atoms with Crippen LogP contribution in [0.4, 0.5) is 0 Å². The first-order valence-corrected chi connectivity index (χ1v) is 7.56. The molecule has 0 unspecified atom stereocenters. The zero-order valence-electron chi connectivity index (χ0n) is 13.5. The number of carbonyl (C=O) groups excluding carboxylic acids is 1. The predicted molar refractivity (Wildman–Crippen MR) is 80.9 cm³/mol. The van der Waals surface area contributed by atoms with Gasteiger partial charge in [0.15, 0.2) is 0 Å². The van der Waals surface area contributed by atoms with Crippen molar-refractivity contribution in [1.29, 1.82) is 0 Å². The van der Waals surface area contributed by atoms with Crippen LogP contribution >= 0.6 is 0 Å². The van der Waals surface area contributed by atoms with E-state index in [1.54, 1.807) is 6.20 Å². The van der Waals surface area contributed by atoms with Gasteiger partial charge in [0, 0.05) is 39.1 Å². The highest BCUT2D eigenvalue weighted by atomic mass is 16.5. The van der Waals surface area contributed by atoms with E-state index < -0.39 is 0 Å². The van der Waals surface area contributed by atoms with E-state index in [0.717, 1.165) is 18.9 Å². The Morgan fingerprint density at radius 1 is 1.43 bits per heavy atom. The van der Waals surface area contributed by atoms with E-state index in [2.05, 4.69) is 16.9 Å². The minimum atomic E-state index is 0.161. The molecule has 1 atom stereocenters. The first kappa shape index (κ1) is 16.0. The van der Waals surface area contributed by atoms with Crippen LogP contribution in [0.15, 0.2) is 12.4 Å². The molecule has 0 radical (unpaired) electrons. The second-order valence-electron chi connectivity index (χ2n) is 5.90. The zero-order chi connectivity index (χ0) is 15.4. The maximum Gasteiger partial charge on any atom is 0.225 e. The molecule has 6 heteroatoms. The molecule has 2 heterocycles. The largest absolute Gasteiger partial charge is 0.378 e. The minimum Gasteiger partial charge on any atom is -0.378 e. The van der Waals surface area contributed by atoms with Gasteiger partial charge in [-0.05, 0) is 20.9 Å². The summed E-state index contributed by atoms with van der Waals surface area (Å²) in [6.07, 6.45) is 4.38. The fourth-order valence-corrected chi connectivity index (χ4v) is 2.62. The third-order valence-corrected chi connectivity index (χ3v) is 3.92. The molecule has 21 heavy (non-hydrogen) atoms. The van der Waals surface area contributed by atoms with E-state index in [-0.39, 0.29) is 18.1 Å². The summed E-state index contributed by atoms with van der Waals surface area (Å²) in [5.74, 6) is 1.18. The van der Waals surface area contributed by atoms with Crippen molar-refractivity contribution >= 4 is 5.91 Å². The molecule has 0 aromatic carbocycles. The number of ether oxygens (including phenoxy) is 1. The number of likely N-dealkylation sites (N-methyl/N-ethyl adjacent to an activating group) is 1. The first-order chi connectivity index (χ1) is 9.99. The van der Waals surface area contributed by atoms with E-state index in [4.69, 9.17) is 4.74 Å². The molecule has 0 N–H and O–H groups in total. The van der Waals surface area contributed by atoms with E-state index in [1.807, 2.05) is 36.6 Å². The molecule has 1 amide bonds. The fourth-order valence-electron chi connectivity index (χ4n) is 2.62. The fraction of sp³-hybridized carbons (Fsp3) is 0.733. The van der Waals surface area contributed by atoms with Crippen LogP contribution in [-0.2, 0) is 16.6 Å². The van der Waals surface area contributed by atoms with Gasteiger partial charge in [-0.25, -0.2) is 4.98 Å². The Balaban J connectivity index is 1.94. The van der Waals surface area contributed by atoms with E-state index >= 15 is 0 Å². The van der Waals surface area contributed by atoms with Crippen molar-refractivity contribution in [3.05, 3.63) is 18.2 Å². The van der Waals surface area contributed by atoms with Crippen LogP contribution in [0.5, 0.6) is 0 Å². The lowest BCUT2D eigenvalue weighted by atomic mass is 10.1. The summed E-state index contributed by atoms with van der Waals surface area (Å²) in [6, 6.07) is 0.161. The van der Waals surface area contributed by atoms with Crippen LogP contribution in [0.3, 0.4) is 0 Å². The Morgan fingerprint density at radius 2 is 2.19 bits per heavy atom. The van der Waals surface area contributed by atoms with Gasteiger partial charge in [-0.2, -0.15) is 0 Å². The van der Waals surface area contributed by atoms with Crippen molar-refractivity contribution in [3.63, 3.8) is 0 Å². The average molecular weight is 294 g/mol. The molecule has 0 saturated carbocycles. The molecule has 6 nitrogen and oxygen atoms in total. The number of aromatic nitrogens is 2. The van der Waals surface area contributed by atoms with Gasteiger partial charge in [0.05, 0.1) is 25.2 Å². The maximum atomic E-state index is 12.3. The predicted octanol–water partition coefficient (Wildman–Crippen LogP) is 1.05. The monoisotopic (exact) mass is 294 g/mol. The molecule has 0 aliphatic carbocycles. The van der Waals surface area contributed by atoms with Crippen molar-refractivity contribution in [2.45, 2.75) is 32.4 Å². The number of imidazole rings is 1. The highest BCUT2D eigenvalue weighted by molar-refractivity contribution is 5.76. The van der Waals surface area contributed by atoms with Gasteiger partial charge in [0.1, 0.15) is 5.82 Å². The van der Waals surface area contributed by atoms with Crippen molar-refractivity contribution < 1.29 is 9.53 Å².